The van der Waals surface area contributed by atoms with Gasteiger partial charge in [0.05, 0.1) is 15.7 Å². The Morgan fingerprint density at radius 1 is 1.04 bits per heavy atom. The maximum atomic E-state index is 12.6. The van der Waals surface area contributed by atoms with Gasteiger partial charge < -0.3 is 4.90 Å². The van der Waals surface area contributed by atoms with E-state index < -0.39 is 0 Å². The Hall–Kier alpha value is -2.63. The van der Waals surface area contributed by atoms with E-state index in [1.165, 1.54) is 15.6 Å². The van der Waals surface area contributed by atoms with E-state index in [1.54, 1.807) is 31.3 Å². The summed E-state index contributed by atoms with van der Waals surface area (Å²) in [6, 6.07) is 17.8. The van der Waals surface area contributed by atoms with Gasteiger partial charge in [0.15, 0.2) is 0 Å². The Labute approximate surface area is 166 Å². The summed E-state index contributed by atoms with van der Waals surface area (Å²) >= 11 is 12.2. The molecule has 0 bridgehead atoms. The van der Waals surface area contributed by atoms with Crippen LogP contribution in [0.5, 0.6) is 0 Å². The zero-order valence-corrected chi connectivity index (χ0v) is 16.1. The first-order chi connectivity index (χ1) is 13.0. The van der Waals surface area contributed by atoms with Crippen molar-refractivity contribution < 1.29 is 4.79 Å². The van der Waals surface area contributed by atoms with E-state index in [0.717, 1.165) is 11.1 Å². The Bertz CT molecular complexity index is 1020. The van der Waals surface area contributed by atoms with Crippen molar-refractivity contribution >= 4 is 29.1 Å². The quantitative estimate of drug-likeness (QED) is 0.651. The monoisotopic (exact) mass is 401 g/mol. The topological polar surface area (TPSA) is 55.2 Å². The molecule has 27 heavy (non-hydrogen) atoms. The van der Waals surface area contributed by atoms with Gasteiger partial charge in [0, 0.05) is 25.2 Å². The van der Waals surface area contributed by atoms with Gasteiger partial charge in [-0.15, -0.1) is 0 Å². The van der Waals surface area contributed by atoms with Crippen LogP contribution in [-0.4, -0.2) is 27.6 Å². The minimum Gasteiger partial charge on any atom is -0.340 e. The van der Waals surface area contributed by atoms with Crippen molar-refractivity contribution in [3.63, 3.8) is 0 Å². The minimum atomic E-state index is -0.336. The Balaban J connectivity index is 1.77. The van der Waals surface area contributed by atoms with Gasteiger partial charge in [0.2, 0.25) is 5.91 Å². The largest absolute Gasteiger partial charge is 0.340 e. The van der Waals surface area contributed by atoms with Crippen molar-refractivity contribution in [3.05, 3.63) is 86.6 Å². The molecule has 3 rings (SSSR count). The number of hydrogen-bond donors (Lipinski definition) is 0. The number of halogens is 2. The molecule has 0 atom stereocenters. The van der Waals surface area contributed by atoms with Crippen molar-refractivity contribution in [1.82, 2.24) is 14.7 Å². The predicted octanol–water partition coefficient (Wildman–Crippen LogP) is 3.88. The van der Waals surface area contributed by atoms with Crippen LogP contribution in [0.4, 0.5) is 0 Å². The summed E-state index contributed by atoms with van der Waals surface area (Å²) in [7, 11) is 1.64. The SMILES string of the molecule is CN(Cc1cccc(Cl)c1Cl)C(=O)Cn1nc(-c2ccccc2)ccc1=O. The Kier molecular flexibility index (Phi) is 5.94. The second-order valence-electron chi connectivity index (χ2n) is 6.04. The summed E-state index contributed by atoms with van der Waals surface area (Å²) in [5.74, 6) is -0.258. The molecule has 0 radical (unpaired) electrons. The number of benzene rings is 2. The van der Waals surface area contributed by atoms with Crippen LogP contribution in [-0.2, 0) is 17.9 Å². The van der Waals surface area contributed by atoms with Gasteiger partial charge >= 0.3 is 0 Å². The molecule has 1 aromatic heterocycles. The molecule has 0 aliphatic carbocycles. The number of nitrogens with zero attached hydrogens (tertiary/aromatic N) is 3. The number of rotatable bonds is 5. The van der Waals surface area contributed by atoms with Crippen LogP contribution in [0.1, 0.15) is 5.56 Å². The van der Waals surface area contributed by atoms with E-state index in [-0.39, 0.29) is 24.6 Å². The Morgan fingerprint density at radius 3 is 2.52 bits per heavy atom. The number of hydrogen-bond acceptors (Lipinski definition) is 3. The van der Waals surface area contributed by atoms with Crippen molar-refractivity contribution in [1.29, 1.82) is 0 Å². The van der Waals surface area contributed by atoms with E-state index >= 15 is 0 Å². The zero-order chi connectivity index (χ0) is 19.4. The van der Waals surface area contributed by atoms with Gasteiger partial charge in [-0.2, -0.15) is 5.10 Å². The standard InChI is InChI=1S/C20H17Cl2N3O2/c1-24(12-15-8-5-9-16(21)20(15)22)19(27)13-25-18(26)11-10-17(23-25)14-6-3-2-4-7-14/h2-11H,12-13H2,1H3. The molecular weight excluding hydrogens is 385 g/mol. The molecule has 0 saturated heterocycles. The number of likely N-dealkylation sites (N-methyl/N-ethyl adjacent to an activating group) is 1. The molecular formula is C20H17Cl2N3O2. The van der Waals surface area contributed by atoms with Crippen LogP contribution in [0, 0.1) is 0 Å². The molecule has 138 valence electrons. The van der Waals surface area contributed by atoms with Gasteiger partial charge in [-0.3, -0.25) is 9.59 Å². The van der Waals surface area contributed by atoms with Crippen molar-refractivity contribution in [2.24, 2.45) is 0 Å². The highest BCUT2D eigenvalue weighted by Crippen LogP contribution is 2.26. The number of carbonyl (C=O) groups excluding carboxylic acids is 1. The van der Waals surface area contributed by atoms with Gasteiger partial charge in [0.1, 0.15) is 6.54 Å². The van der Waals surface area contributed by atoms with Crippen LogP contribution >= 0.6 is 23.2 Å². The van der Waals surface area contributed by atoms with E-state index in [0.29, 0.717) is 15.7 Å². The lowest BCUT2D eigenvalue weighted by Gasteiger charge is -2.18. The fourth-order valence-corrected chi connectivity index (χ4v) is 2.97. The van der Waals surface area contributed by atoms with Gasteiger partial charge in [-0.25, -0.2) is 4.68 Å². The van der Waals surface area contributed by atoms with Crippen LogP contribution in [0.25, 0.3) is 11.3 Å². The maximum Gasteiger partial charge on any atom is 0.267 e. The second-order valence-corrected chi connectivity index (χ2v) is 6.83. The normalized spacial score (nSPS) is 10.6. The van der Waals surface area contributed by atoms with Crippen molar-refractivity contribution in [2.45, 2.75) is 13.1 Å². The van der Waals surface area contributed by atoms with Crippen LogP contribution in [0.3, 0.4) is 0 Å². The highest BCUT2D eigenvalue weighted by molar-refractivity contribution is 6.42. The molecule has 0 aliphatic heterocycles. The molecule has 0 N–H and O–H groups in total. The molecule has 1 heterocycles. The van der Waals surface area contributed by atoms with E-state index in [1.807, 2.05) is 30.3 Å². The summed E-state index contributed by atoms with van der Waals surface area (Å²) in [6.07, 6.45) is 0. The molecule has 2 aromatic carbocycles. The lowest BCUT2D eigenvalue weighted by molar-refractivity contribution is -0.131. The van der Waals surface area contributed by atoms with Crippen LogP contribution < -0.4 is 5.56 Å². The molecule has 0 spiro atoms. The lowest BCUT2D eigenvalue weighted by atomic mass is 10.1. The first kappa shape index (κ1) is 19.1. The number of carbonyl (C=O) groups is 1. The molecule has 0 unspecified atom stereocenters. The summed E-state index contributed by atoms with van der Waals surface area (Å²) < 4.78 is 1.17. The predicted molar refractivity (Wildman–Crippen MR) is 107 cm³/mol. The highest BCUT2D eigenvalue weighted by Gasteiger charge is 2.14. The summed E-state index contributed by atoms with van der Waals surface area (Å²) in [5, 5.41) is 5.16. The maximum absolute atomic E-state index is 12.6. The van der Waals surface area contributed by atoms with Crippen LogP contribution in [0.15, 0.2) is 65.5 Å². The third-order valence-electron chi connectivity index (χ3n) is 4.09. The van der Waals surface area contributed by atoms with E-state index in [9.17, 15) is 9.59 Å². The number of amides is 1. The fourth-order valence-electron chi connectivity index (χ4n) is 2.59. The first-order valence-corrected chi connectivity index (χ1v) is 9.02. The smallest absolute Gasteiger partial charge is 0.267 e. The molecule has 0 aliphatic rings. The second kappa shape index (κ2) is 8.37. The number of aromatic nitrogens is 2. The van der Waals surface area contributed by atoms with Gasteiger partial charge in [0.25, 0.3) is 5.56 Å². The third-order valence-corrected chi connectivity index (χ3v) is 4.94. The molecule has 0 saturated carbocycles. The average Bonchev–Trinajstić information content (AvgIpc) is 2.67. The first-order valence-electron chi connectivity index (χ1n) is 8.26. The van der Waals surface area contributed by atoms with Crippen molar-refractivity contribution in [3.8, 4) is 11.3 Å². The average molecular weight is 402 g/mol. The van der Waals surface area contributed by atoms with Gasteiger partial charge in [-0.1, -0.05) is 65.7 Å². The Morgan fingerprint density at radius 2 is 1.78 bits per heavy atom. The molecule has 7 heteroatoms. The lowest BCUT2D eigenvalue weighted by Crippen LogP contribution is -2.34. The minimum absolute atomic E-state index is 0.159. The summed E-state index contributed by atoms with van der Waals surface area (Å²) in [4.78, 5) is 26.2. The highest BCUT2D eigenvalue weighted by atomic mass is 35.5. The van der Waals surface area contributed by atoms with Gasteiger partial charge in [-0.05, 0) is 17.7 Å². The molecule has 0 fully saturated rings. The molecule has 3 aromatic rings. The van der Waals surface area contributed by atoms with E-state index in [2.05, 4.69) is 5.10 Å². The molecule has 1 amide bonds. The fraction of sp³-hybridized carbons (Fsp3) is 0.150. The molecule has 5 nitrogen and oxygen atoms in total. The summed E-state index contributed by atoms with van der Waals surface area (Å²) in [5.41, 5.74) is 1.90. The summed E-state index contributed by atoms with van der Waals surface area (Å²) in [6.45, 7) is 0.125. The third kappa shape index (κ3) is 4.56. The van der Waals surface area contributed by atoms with Crippen LogP contribution in [0.2, 0.25) is 10.0 Å². The zero-order valence-electron chi connectivity index (χ0n) is 14.6. The van der Waals surface area contributed by atoms with E-state index in [4.69, 9.17) is 23.2 Å². The van der Waals surface area contributed by atoms with Crippen molar-refractivity contribution in [2.75, 3.05) is 7.05 Å².